The average Bonchev–Trinajstić information content (AvgIpc) is 3.25. The number of amides is 1. The van der Waals surface area contributed by atoms with E-state index in [0.717, 1.165) is 64.0 Å². The molecule has 0 bridgehead atoms. The second kappa shape index (κ2) is 10.1. The Morgan fingerprint density at radius 3 is 2.29 bits per heavy atom. The molecule has 31 heavy (non-hydrogen) atoms. The van der Waals surface area contributed by atoms with Crippen LogP contribution in [0.1, 0.15) is 36.8 Å². The number of nitrogens with two attached hydrogens (primary N) is 1. The summed E-state index contributed by atoms with van der Waals surface area (Å²) in [7, 11) is 0. The van der Waals surface area contributed by atoms with E-state index in [1.807, 2.05) is 42.5 Å². The number of halogens is 3. The third kappa shape index (κ3) is 4.89. The SMILES string of the molecule is Cl.NC(=O)C1(c2ccccc2)CCN(CC[C@]2(c3ccc(Cl)c(Cl)c3)CCNC2)CC1. The maximum atomic E-state index is 12.4. The Morgan fingerprint density at radius 2 is 1.71 bits per heavy atom. The van der Waals surface area contributed by atoms with Gasteiger partial charge in [0.15, 0.2) is 0 Å². The molecule has 2 aliphatic heterocycles. The summed E-state index contributed by atoms with van der Waals surface area (Å²) < 4.78 is 0. The van der Waals surface area contributed by atoms with E-state index in [1.54, 1.807) is 0 Å². The molecular formula is C24H30Cl3N3O. The Labute approximate surface area is 200 Å². The number of nitrogens with one attached hydrogen (secondary N) is 1. The quantitative estimate of drug-likeness (QED) is 0.635. The van der Waals surface area contributed by atoms with E-state index in [9.17, 15) is 4.79 Å². The van der Waals surface area contributed by atoms with Gasteiger partial charge in [-0.2, -0.15) is 0 Å². The van der Waals surface area contributed by atoms with Gasteiger partial charge in [0.1, 0.15) is 0 Å². The average molecular weight is 483 g/mol. The fourth-order valence-corrected chi connectivity index (χ4v) is 5.44. The second-order valence-corrected chi connectivity index (χ2v) is 9.55. The van der Waals surface area contributed by atoms with Crippen LogP contribution in [0.4, 0.5) is 0 Å². The zero-order valence-corrected chi connectivity index (χ0v) is 19.9. The molecule has 1 amide bonds. The van der Waals surface area contributed by atoms with E-state index in [0.29, 0.717) is 10.0 Å². The highest BCUT2D eigenvalue weighted by Gasteiger charge is 2.42. The molecule has 2 aliphatic rings. The van der Waals surface area contributed by atoms with Crippen molar-refractivity contribution in [2.24, 2.45) is 5.73 Å². The molecular weight excluding hydrogens is 453 g/mol. The van der Waals surface area contributed by atoms with Gasteiger partial charge in [-0.05, 0) is 75.1 Å². The van der Waals surface area contributed by atoms with Crippen LogP contribution in [0.15, 0.2) is 48.5 Å². The number of carbonyl (C=O) groups is 1. The van der Waals surface area contributed by atoms with Crippen LogP contribution in [-0.2, 0) is 15.6 Å². The molecule has 3 N–H and O–H groups in total. The van der Waals surface area contributed by atoms with E-state index in [-0.39, 0.29) is 23.7 Å². The molecule has 1 atom stereocenters. The molecule has 2 heterocycles. The third-order valence-corrected chi connectivity index (χ3v) is 7.93. The zero-order chi connectivity index (χ0) is 21.2. The van der Waals surface area contributed by atoms with Gasteiger partial charge in [0.05, 0.1) is 15.5 Å². The first-order chi connectivity index (χ1) is 14.5. The van der Waals surface area contributed by atoms with Crippen molar-refractivity contribution in [1.82, 2.24) is 10.2 Å². The Hall–Kier alpha value is -1.30. The standard InChI is InChI=1S/C24H29Cl2N3O.ClH/c25-20-7-6-19(16-21(20)26)23(8-12-28-17-23)9-13-29-14-10-24(11-15-29,22(27)30)18-4-2-1-3-5-18;/h1-7,16,28H,8-15,17H2,(H2,27,30);1H/t23-;/m1./s1. The highest BCUT2D eigenvalue weighted by Crippen LogP contribution is 2.39. The summed E-state index contributed by atoms with van der Waals surface area (Å²) in [6.45, 7) is 4.71. The number of piperidine rings is 1. The Morgan fingerprint density at radius 1 is 1.00 bits per heavy atom. The predicted octanol–water partition coefficient (Wildman–Crippen LogP) is 4.56. The van der Waals surface area contributed by atoms with Gasteiger partial charge in [0.2, 0.25) is 5.91 Å². The summed E-state index contributed by atoms with van der Waals surface area (Å²) in [6.07, 6.45) is 3.68. The predicted molar refractivity (Wildman–Crippen MR) is 130 cm³/mol. The van der Waals surface area contributed by atoms with Crippen molar-refractivity contribution in [3.63, 3.8) is 0 Å². The smallest absolute Gasteiger partial charge is 0.228 e. The summed E-state index contributed by atoms with van der Waals surface area (Å²) in [5.41, 5.74) is 7.72. The van der Waals surface area contributed by atoms with Gasteiger partial charge in [0, 0.05) is 12.0 Å². The van der Waals surface area contributed by atoms with Gasteiger partial charge in [-0.25, -0.2) is 0 Å². The molecule has 0 unspecified atom stereocenters. The molecule has 0 saturated carbocycles. The number of nitrogens with zero attached hydrogens (tertiary/aromatic N) is 1. The summed E-state index contributed by atoms with van der Waals surface area (Å²) >= 11 is 12.5. The topological polar surface area (TPSA) is 58.4 Å². The fourth-order valence-electron chi connectivity index (χ4n) is 5.14. The lowest BCUT2D eigenvalue weighted by atomic mass is 9.71. The minimum atomic E-state index is -0.548. The summed E-state index contributed by atoms with van der Waals surface area (Å²) in [6, 6.07) is 16.1. The van der Waals surface area contributed by atoms with Crippen molar-refractivity contribution < 1.29 is 4.79 Å². The van der Waals surface area contributed by atoms with Crippen molar-refractivity contribution in [2.75, 3.05) is 32.7 Å². The minimum Gasteiger partial charge on any atom is -0.369 e. The number of hydrogen-bond acceptors (Lipinski definition) is 3. The van der Waals surface area contributed by atoms with E-state index in [4.69, 9.17) is 28.9 Å². The lowest BCUT2D eigenvalue weighted by molar-refractivity contribution is -0.125. The summed E-state index contributed by atoms with van der Waals surface area (Å²) in [5, 5.41) is 4.74. The van der Waals surface area contributed by atoms with Crippen LogP contribution in [-0.4, -0.2) is 43.5 Å². The lowest BCUT2D eigenvalue weighted by Crippen LogP contribution is -2.50. The molecule has 7 heteroatoms. The van der Waals surface area contributed by atoms with E-state index >= 15 is 0 Å². The molecule has 0 aliphatic carbocycles. The van der Waals surface area contributed by atoms with Crippen LogP contribution in [0, 0.1) is 0 Å². The number of benzene rings is 2. The first-order valence-corrected chi connectivity index (χ1v) is 11.4. The molecule has 2 fully saturated rings. The van der Waals surface area contributed by atoms with Crippen molar-refractivity contribution in [1.29, 1.82) is 0 Å². The normalized spacial score (nSPS) is 23.3. The second-order valence-electron chi connectivity index (χ2n) is 8.74. The molecule has 168 valence electrons. The molecule has 0 spiro atoms. The van der Waals surface area contributed by atoms with Gasteiger partial charge in [0.25, 0.3) is 0 Å². The van der Waals surface area contributed by atoms with Crippen molar-refractivity contribution in [2.45, 2.75) is 36.5 Å². The van der Waals surface area contributed by atoms with E-state index in [1.165, 1.54) is 5.56 Å². The number of hydrogen-bond donors (Lipinski definition) is 2. The van der Waals surface area contributed by atoms with Gasteiger partial charge in [-0.3, -0.25) is 4.79 Å². The molecule has 0 aromatic heterocycles. The van der Waals surface area contributed by atoms with Gasteiger partial charge in [-0.15, -0.1) is 12.4 Å². The number of carbonyl (C=O) groups excluding carboxylic acids is 1. The zero-order valence-electron chi connectivity index (χ0n) is 17.6. The van der Waals surface area contributed by atoms with Gasteiger partial charge >= 0.3 is 0 Å². The molecule has 4 nitrogen and oxygen atoms in total. The first kappa shape index (κ1) is 24.3. The van der Waals surface area contributed by atoms with Gasteiger partial charge in [-0.1, -0.05) is 59.6 Å². The van der Waals surface area contributed by atoms with Crippen LogP contribution in [0.2, 0.25) is 10.0 Å². The van der Waals surface area contributed by atoms with E-state index in [2.05, 4.69) is 16.3 Å². The fraction of sp³-hybridized carbons (Fsp3) is 0.458. The maximum Gasteiger partial charge on any atom is 0.228 e. The van der Waals surface area contributed by atoms with Crippen LogP contribution >= 0.6 is 35.6 Å². The molecule has 4 rings (SSSR count). The highest BCUT2D eigenvalue weighted by molar-refractivity contribution is 6.42. The summed E-state index contributed by atoms with van der Waals surface area (Å²) in [5.74, 6) is -0.208. The molecule has 0 radical (unpaired) electrons. The largest absolute Gasteiger partial charge is 0.369 e. The number of rotatable bonds is 6. The minimum absolute atomic E-state index is 0. The highest BCUT2D eigenvalue weighted by atomic mass is 35.5. The van der Waals surface area contributed by atoms with Crippen LogP contribution in [0.5, 0.6) is 0 Å². The Balaban J connectivity index is 0.00000272. The monoisotopic (exact) mass is 481 g/mol. The first-order valence-electron chi connectivity index (χ1n) is 10.7. The molecule has 2 aromatic rings. The number of primary amides is 1. The van der Waals surface area contributed by atoms with Crippen LogP contribution < -0.4 is 11.1 Å². The Bertz CT molecular complexity index is 892. The van der Waals surface area contributed by atoms with Gasteiger partial charge < -0.3 is 16.0 Å². The third-order valence-electron chi connectivity index (χ3n) is 7.19. The summed E-state index contributed by atoms with van der Waals surface area (Å²) in [4.78, 5) is 14.9. The molecule has 2 saturated heterocycles. The van der Waals surface area contributed by atoms with Crippen molar-refractivity contribution in [3.05, 3.63) is 69.7 Å². The maximum absolute atomic E-state index is 12.4. The Kier molecular flexibility index (Phi) is 7.93. The number of likely N-dealkylation sites (tertiary alicyclic amines) is 1. The van der Waals surface area contributed by atoms with Crippen LogP contribution in [0.25, 0.3) is 0 Å². The van der Waals surface area contributed by atoms with Crippen molar-refractivity contribution in [3.8, 4) is 0 Å². The van der Waals surface area contributed by atoms with Crippen LogP contribution in [0.3, 0.4) is 0 Å². The molecule has 2 aromatic carbocycles. The lowest BCUT2D eigenvalue weighted by Gasteiger charge is -2.41. The van der Waals surface area contributed by atoms with Crippen molar-refractivity contribution >= 4 is 41.5 Å². The van der Waals surface area contributed by atoms with E-state index < -0.39 is 5.41 Å².